The van der Waals surface area contributed by atoms with Gasteiger partial charge in [-0.2, -0.15) is 4.98 Å². The Hall–Kier alpha value is -3.22. The summed E-state index contributed by atoms with van der Waals surface area (Å²) in [6.45, 7) is 2.60. The number of nitrogens with one attached hydrogen (secondary N) is 1. The molecule has 1 fully saturated rings. The van der Waals surface area contributed by atoms with E-state index in [-0.39, 0.29) is 17.9 Å². The Labute approximate surface area is 156 Å². The topological polar surface area (TPSA) is 71.3 Å². The van der Waals surface area contributed by atoms with Crippen molar-refractivity contribution in [1.82, 2.24) is 15.0 Å². The highest BCUT2D eigenvalue weighted by Crippen LogP contribution is 2.32. The summed E-state index contributed by atoms with van der Waals surface area (Å²) in [7, 11) is 0. The zero-order valence-corrected chi connectivity index (χ0v) is 14.9. The van der Waals surface area contributed by atoms with Crippen molar-refractivity contribution in [3.8, 4) is 11.4 Å². The Bertz CT molecular complexity index is 955. The van der Waals surface area contributed by atoms with Crippen LogP contribution in [-0.4, -0.2) is 27.6 Å². The maximum Gasteiger partial charge on any atom is 0.322 e. The number of amides is 2. The van der Waals surface area contributed by atoms with Crippen LogP contribution in [0.25, 0.3) is 11.4 Å². The molecule has 0 unspecified atom stereocenters. The lowest BCUT2D eigenvalue weighted by Gasteiger charge is -2.22. The highest BCUT2D eigenvalue weighted by Gasteiger charge is 2.34. The monoisotopic (exact) mass is 366 g/mol. The van der Waals surface area contributed by atoms with Crippen LogP contribution >= 0.6 is 0 Å². The van der Waals surface area contributed by atoms with Gasteiger partial charge in [0.2, 0.25) is 11.7 Å². The number of carbonyl (C=O) groups excluding carboxylic acids is 1. The zero-order chi connectivity index (χ0) is 18.8. The number of nitrogens with zero attached hydrogens (tertiary/aromatic N) is 3. The normalized spacial score (nSPS) is 16.5. The van der Waals surface area contributed by atoms with Crippen LogP contribution in [0.3, 0.4) is 0 Å². The van der Waals surface area contributed by atoms with Gasteiger partial charge in [-0.25, -0.2) is 9.18 Å². The Morgan fingerprint density at radius 3 is 2.85 bits per heavy atom. The molecule has 1 aliphatic rings. The summed E-state index contributed by atoms with van der Waals surface area (Å²) < 4.78 is 18.5. The number of likely N-dealkylation sites (tertiary alicyclic amines) is 1. The second-order valence-corrected chi connectivity index (χ2v) is 6.61. The van der Waals surface area contributed by atoms with Crippen molar-refractivity contribution in [2.75, 3.05) is 11.9 Å². The lowest BCUT2D eigenvalue weighted by Crippen LogP contribution is -2.34. The minimum atomic E-state index is -0.322. The molecule has 3 aromatic rings. The van der Waals surface area contributed by atoms with Gasteiger partial charge in [-0.1, -0.05) is 17.3 Å². The number of urea groups is 1. The van der Waals surface area contributed by atoms with Gasteiger partial charge in [-0.15, -0.1) is 0 Å². The van der Waals surface area contributed by atoms with Crippen molar-refractivity contribution in [3.05, 3.63) is 65.8 Å². The van der Waals surface area contributed by atoms with Crippen LogP contribution in [-0.2, 0) is 0 Å². The number of hydrogen-bond acceptors (Lipinski definition) is 4. The summed E-state index contributed by atoms with van der Waals surface area (Å²) in [5.74, 6) is 0.458. The van der Waals surface area contributed by atoms with Crippen molar-refractivity contribution in [1.29, 1.82) is 0 Å². The van der Waals surface area contributed by atoms with E-state index in [1.807, 2.05) is 31.2 Å². The Morgan fingerprint density at radius 2 is 2.07 bits per heavy atom. The van der Waals surface area contributed by atoms with Crippen LogP contribution in [0.15, 0.2) is 53.1 Å². The Kier molecular flexibility index (Phi) is 4.58. The molecule has 27 heavy (non-hydrogen) atoms. The smallest absolute Gasteiger partial charge is 0.322 e. The van der Waals surface area contributed by atoms with Crippen molar-refractivity contribution >= 4 is 11.7 Å². The number of halogens is 1. The minimum Gasteiger partial charge on any atom is -0.337 e. The molecule has 2 aromatic carbocycles. The van der Waals surface area contributed by atoms with E-state index in [4.69, 9.17) is 4.52 Å². The molecule has 0 aliphatic carbocycles. The van der Waals surface area contributed by atoms with Gasteiger partial charge >= 0.3 is 6.03 Å². The van der Waals surface area contributed by atoms with Gasteiger partial charge in [0.05, 0.1) is 0 Å². The lowest BCUT2D eigenvalue weighted by molar-refractivity contribution is 0.193. The van der Waals surface area contributed by atoms with Crippen molar-refractivity contribution in [2.24, 2.45) is 0 Å². The number of carbonyl (C=O) groups is 1. The molecule has 7 heteroatoms. The van der Waals surface area contributed by atoms with Crippen molar-refractivity contribution in [3.63, 3.8) is 0 Å². The number of anilines is 1. The van der Waals surface area contributed by atoms with E-state index in [0.29, 0.717) is 23.8 Å². The zero-order valence-electron chi connectivity index (χ0n) is 14.9. The molecule has 1 aliphatic heterocycles. The maximum absolute atomic E-state index is 13.1. The molecule has 2 heterocycles. The molecular weight excluding hydrogens is 347 g/mol. The first-order valence-electron chi connectivity index (χ1n) is 8.84. The summed E-state index contributed by atoms with van der Waals surface area (Å²) in [6, 6.07) is 13.1. The third-order valence-corrected chi connectivity index (χ3v) is 4.61. The standard InChI is InChI=1S/C20H19FN4O2/c1-13-4-2-5-16(12-13)22-20(26)25-11-3-6-17(25)19-23-18(24-27-19)14-7-9-15(21)10-8-14/h2,4-5,7-10,12,17H,3,6,11H2,1H3,(H,22,26)/t17-/m1/s1. The first kappa shape index (κ1) is 17.2. The third-order valence-electron chi connectivity index (χ3n) is 4.61. The number of aryl methyl sites for hydroxylation is 1. The van der Waals surface area contributed by atoms with Gasteiger partial charge in [-0.05, 0) is 61.7 Å². The van der Waals surface area contributed by atoms with E-state index in [1.165, 1.54) is 12.1 Å². The minimum absolute atomic E-state index is 0.190. The van der Waals surface area contributed by atoms with Crippen LogP contribution in [0.5, 0.6) is 0 Å². The Balaban J connectivity index is 1.51. The van der Waals surface area contributed by atoms with Crippen molar-refractivity contribution < 1.29 is 13.7 Å². The molecule has 138 valence electrons. The van der Waals surface area contributed by atoms with E-state index in [2.05, 4.69) is 15.5 Å². The molecule has 1 saturated heterocycles. The number of benzene rings is 2. The van der Waals surface area contributed by atoms with E-state index in [1.54, 1.807) is 17.0 Å². The van der Waals surface area contributed by atoms with Gasteiger partial charge in [0.1, 0.15) is 11.9 Å². The molecule has 0 radical (unpaired) electrons. The summed E-state index contributed by atoms with van der Waals surface area (Å²) in [6.07, 6.45) is 1.62. The van der Waals surface area contributed by atoms with Crippen LogP contribution in [0.2, 0.25) is 0 Å². The fraction of sp³-hybridized carbons (Fsp3) is 0.250. The maximum atomic E-state index is 13.1. The van der Waals surface area contributed by atoms with Gasteiger partial charge in [0.15, 0.2) is 0 Å². The molecule has 0 spiro atoms. The summed E-state index contributed by atoms with van der Waals surface area (Å²) in [5.41, 5.74) is 2.50. The quantitative estimate of drug-likeness (QED) is 0.738. The highest BCUT2D eigenvalue weighted by atomic mass is 19.1. The molecular formula is C20H19FN4O2. The number of aromatic nitrogens is 2. The van der Waals surface area contributed by atoms with Crippen LogP contribution in [0, 0.1) is 12.7 Å². The molecule has 4 rings (SSSR count). The van der Waals surface area contributed by atoms with Gasteiger partial charge in [0.25, 0.3) is 0 Å². The van der Waals surface area contributed by atoms with Crippen molar-refractivity contribution in [2.45, 2.75) is 25.8 Å². The van der Waals surface area contributed by atoms with Gasteiger partial charge < -0.3 is 14.7 Å². The summed E-state index contributed by atoms with van der Waals surface area (Å²) >= 11 is 0. The average Bonchev–Trinajstić information content (AvgIpc) is 3.31. The fourth-order valence-corrected chi connectivity index (χ4v) is 3.27. The fourth-order valence-electron chi connectivity index (χ4n) is 3.27. The molecule has 0 saturated carbocycles. The van der Waals surface area contributed by atoms with Gasteiger partial charge in [-0.3, -0.25) is 0 Å². The highest BCUT2D eigenvalue weighted by molar-refractivity contribution is 5.89. The van der Waals surface area contributed by atoms with Crippen LogP contribution < -0.4 is 5.32 Å². The SMILES string of the molecule is Cc1cccc(NC(=O)N2CCC[C@@H]2c2nc(-c3ccc(F)cc3)no2)c1. The Morgan fingerprint density at radius 1 is 1.26 bits per heavy atom. The predicted molar refractivity (Wildman–Crippen MR) is 98.6 cm³/mol. The molecule has 2 amide bonds. The average molecular weight is 366 g/mol. The first-order chi connectivity index (χ1) is 13.1. The second-order valence-electron chi connectivity index (χ2n) is 6.61. The lowest BCUT2D eigenvalue weighted by atomic mass is 10.2. The first-order valence-corrected chi connectivity index (χ1v) is 8.84. The third kappa shape index (κ3) is 3.67. The summed E-state index contributed by atoms with van der Waals surface area (Å²) in [5, 5.41) is 6.91. The number of rotatable bonds is 3. The molecule has 0 bridgehead atoms. The van der Waals surface area contributed by atoms with Crippen LogP contribution in [0.4, 0.5) is 14.9 Å². The molecule has 1 N–H and O–H groups in total. The van der Waals surface area contributed by atoms with Crippen LogP contribution in [0.1, 0.15) is 30.3 Å². The largest absolute Gasteiger partial charge is 0.337 e. The van der Waals surface area contributed by atoms with E-state index in [0.717, 1.165) is 24.1 Å². The van der Waals surface area contributed by atoms with Gasteiger partial charge in [0, 0.05) is 17.8 Å². The number of hydrogen-bond donors (Lipinski definition) is 1. The van der Waals surface area contributed by atoms with E-state index >= 15 is 0 Å². The predicted octanol–water partition coefficient (Wildman–Crippen LogP) is 4.55. The van der Waals surface area contributed by atoms with E-state index in [9.17, 15) is 9.18 Å². The molecule has 6 nitrogen and oxygen atoms in total. The molecule has 1 aromatic heterocycles. The summed E-state index contributed by atoms with van der Waals surface area (Å²) in [4.78, 5) is 18.8. The van der Waals surface area contributed by atoms with E-state index < -0.39 is 0 Å². The molecule has 1 atom stereocenters. The second kappa shape index (κ2) is 7.19.